The number of fused-ring (bicyclic) bond motifs is 5. The molecule has 4 bridgehead atoms. The molecule has 12 nitrogen and oxygen atoms in total. The van der Waals surface area contributed by atoms with Crippen molar-refractivity contribution < 1.29 is 34.0 Å². The van der Waals surface area contributed by atoms with E-state index in [2.05, 4.69) is 16.4 Å². The molecule has 0 amide bonds. The molecule has 2 aromatic carbocycles. The summed E-state index contributed by atoms with van der Waals surface area (Å²) in [5.41, 5.74) is 11.5. The van der Waals surface area contributed by atoms with Gasteiger partial charge in [-0.2, -0.15) is 0 Å². The van der Waals surface area contributed by atoms with Crippen molar-refractivity contribution in [2.75, 3.05) is 17.6 Å². The zero-order chi connectivity index (χ0) is 42.6. The van der Waals surface area contributed by atoms with E-state index in [1.807, 2.05) is 51.2 Å². The number of nitrogens with zero attached hydrogens (tertiary/aromatic N) is 2. The number of nitrogens with one attached hydrogen (secondary N) is 1. The van der Waals surface area contributed by atoms with E-state index in [1.54, 1.807) is 18.3 Å². The molecule has 4 aliphatic rings. The van der Waals surface area contributed by atoms with Gasteiger partial charge >= 0.3 is 5.97 Å². The lowest BCUT2D eigenvalue weighted by atomic mass is 9.68. The quantitative estimate of drug-likeness (QED) is 0.0752. The van der Waals surface area contributed by atoms with Crippen LogP contribution in [0.4, 0.5) is 11.6 Å². The Balaban J connectivity index is 1.34. The molecule has 0 saturated heterocycles. The fourth-order valence-electron chi connectivity index (χ4n) is 10.9. The summed E-state index contributed by atoms with van der Waals surface area (Å²) >= 11 is 0. The number of allylic oxidation sites excluding steroid dienone is 1. The van der Waals surface area contributed by atoms with E-state index in [-0.39, 0.29) is 52.4 Å². The van der Waals surface area contributed by atoms with Gasteiger partial charge in [0.15, 0.2) is 5.43 Å². The summed E-state index contributed by atoms with van der Waals surface area (Å²) in [6, 6.07) is 12.6. The first kappa shape index (κ1) is 40.5. The smallest absolute Gasteiger partial charge is 0.334 e. The number of phenolic OH excluding ortho intramolecular Hbond substituents is 2. The molecular formula is C49H54N4O8. The molecule has 0 spiro atoms. The first-order valence-electron chi connectivity index (χ1n) is 21.8. The number of esters is 1. The summed E-state index contributed by atoms with van der Waals surface area (Å²) in [7, 11) is 0. The average Bonchev–Trinajstić information content (AvgIpc) is 3.79. The van der Waals surface area contributed by atoms with Gasteiger partial charge in [-0.25, -0.2) is 14.8 Å². The number of hydrogen-bond donors (Lipinski definition) is 5. The van der Waals surface area contributed by atoms with E-state index in [4.69, 9.17) is 24.6 Å². The summed E-state index contributed by atoms with van der Waals surface area (Å²) in [4.78, 5) is 38.0. The Hall–Kier alpha value is -5.88. The van der Waals surface area contributed by atoms with Gasteiger partial charge < -0.3 is 40.3 Å². The number of aliphatic hydroxyl groups is 1. The van der Waals surface area contributed by atoms with Crippen LogP contribution in [0.2, 0.25) is 0 Å². The Labute approximate surface area is 354 Å². The van der Waals surface area contributed by atoms with E-state index in [0.717, 1.165) is 65.9 Å². The minimum absolute atomic E-state index is 0.0289. The summed E-state index contributed by atoms with van der Waals surface area (Å²) in [5, 5.41) is 36.8. The summed E-state index contributed by atoms with van der Waals surface area (Å²) in [6.45, 7) is 6.08. The third-order valence-electron chi connectivity index (χ3n) is 14.0. The molecule has 5 aromatic rings. The topological polar surface area (TPSA) is 190 Å². The monoisotopic (exact) mass is 826 g/mol. The van der Waals surface area contributed by atoms with Crippen LogP contribution in [0.3, 0.4) is 0 Å². The third-order valence-corrected chi connectivity index (χ3v) is 14.0. The van der Waals surface area contributed by atoms with Crippen LogP contribution >= 0.6 is 0 Å². The predicted molar refractivity (Wildman–Crippen MR) is 232 cm³/mol. The van der Waals surface area contributed by atoms with Gasteiger partial charge in [0.1, 0.15) is 63.9 Å². The van der Waals surface area contributed by atoms with Crippen LogP contribution in [0.25, 0.3) is 11.0 Å². The first-order valence-corrected chi connectivity index (χ1v) is 21.8. The number of phenols is 2. The van der Waals surface area contributed by atoms with Crippen molar-refractivity contribution in [2.45, 2.75) is 115 Å². The first-order chi connectivity index (χ1) is 29.5. The number of nitrogen functional groups attached to an aromatic ring is 1. The molecule has 2 aliphatic carbocycles. The van der Waals surface area contributed by atoms with E-state index >= 15 is 0 Å². The molecule has 61 heavy (non-hydrogen) atoms. The van der Waals surface area contributed by atoms with Crippen molar-refractivity contribution in [1.82, 2.24) is 9.97 Å². The zero-order valence-corrected chi connectivity index (χ0v) is 35.0. The van der Waals surface area contributed by atoms with Gasteiger partial charge in [0.2, 0.25) is 0 Å². The van der Waals surface area contributed by atoms with Crippen molar-refractivity contribution >= 4 is 28.6 Å². The van der Waals surface area contributed by atoms with Gasteiger partial charge in [0, 0.05) is 65.5 Å². The van der Waals surface area contributed by atoms with Gasteiger partial charge in [-0.15, -0.1) is 0 Å². The van der Waals surface area contributed by atoms with Crippen LogP contribution in [-0.2, 0) is 41.8 Å². The molecule has 2 aliphatic heterocycles. The number of pyridine rings is 2. The number of anilines is 2. The number of aromatic hydroxyl groups is 2. The molecule has 318 valence electrons. The molecule has 9 rings (SSSR count). The molecule has 6 N–H and O–H groups in total. The summed E-state index contributed by atoms with van der Waals surface area (Å²) < 4.78 is 20.7. The molecule has 5 atom stereocenters. The molecule has 5 heterocycles. The minimum atomic E-state index is -1.21. The van der Waals surface area contributed by atoms with E-state index in [9.17, 15) is 24.9 Å². The maximum atomic E-state index is 14.5. The molecule has 0 radical (unpaired) electrons. The fraction of sp³-hybridized carbons (Fsp3) is 0.429. The highest BCUT2D eigenvalue weighted by Gasteiger charge is 2.53. The lowest BCUT2D eigenvalue weighted by Crippen LogP contribution is -2.57. The lowest BCUT2D eigenvalue weighted by molar-refractivity contribution is -0.166. The number of aliphatic hydroxyl groups excluding tert-OH is 1. The highest BCUT2D eigenvalue weighted by Crippen LogP contribution is 2.56. The zero-order valence-electron chi connectivity index (χ0n) is 35.0. The van der Waals surface area contributed by atoms with Gasteiger partial charge in [0.25, 0.3) is 0 Å². The predicted octanol–water partition coefficient (Wildman–Crippen LogP) is 7.91. The fourth-order valence-corrected chi connectivity index (χ4v) is 10.9. The normalized spacial score (nSPS) is 23.6. The Kier molecular flexibility index (Phi) is 10.8. The number of nitrogens with two attached hydrogens (primary N) is 1. The minimum Gasteiger partial charge on any atom is -0.508 e. The van der Waals surface area contributed by atoms with Crippen LogP contribution in [0.15, 0.2) is 75.7 Å². The van der Waals surface area contributed by atoms with E-state index in [0.29, 0.717) is 60.4 Å². The SMILES string of the molecule is CC=C(C(=O)OC1Cc2c3c(c4oc(CO)cc(=O)c4c2O)C2Cc4cc(O)ccc4CCC(CC(Cc4ccc(NCC)nc4)C1(C)O3)c1c2ccnc1N)C1CCCC1. The molecule has 1 fully saturated rings. The van der Waals surface area contributed by atoms with Crippen LogP contribution in [0.5, 0.6) is 17.2 Å². The van der Waals surface area contributed by atoms with Crippen molar-refractivity contribution in [2.24, 2.45) is 11.8 Å². The Morgan fingerprint density at radius 3 is 2.61 bits per heavy atom. The van der Waals surface area contributed by atoms with Gasteiger partial charge in [-0.05, 0) is 124 Å². The highest BCUT2D eigenvalue weighted by atomic mass is 16.6. The maximum absolute atomic E-state index is 14.5. The lowest BCUT2D eigenvalue weighted by Gasteiger charge is -2.49. The van der Waals surface area contributed by atoms with Crippen molar-refractivity contribution in [3.05, 3.63) is 121 Å². The molecule has 3 aromatic heterocycles. The molecule has 5 unspecified atom stereocenters. The molecular weight excluding hydrogens is 773 g/mol. The third kappa shape index (κ3) is 7.18. The Morgan fingerprint density at radius 1 is 1.05 bits per heavy atom. The summed E-state index contributed by atoms with van der Waals surface area (Å²) in [6.07, 6.45) is 11.3. The largest absolute Gasteiger partial charge is 0.508 e. The average molecular weight is 827 g/mol. The maximum Gasteiger partial charge on any atom is 0.334 e. The number of rotatable bonds is 8. The second-order valence-electron chi connectivity index (χ2n) is 17.5. The number of carbonyl (C=O) groups excluding carboxylic acids is 1. The van der Waals surface area contributed by atoms with Crippen LogP contribution in [-0.4, -0.2) is 49.5 Å². The highest BCUT2D eigenvalue weighted by molar-refractivity contribution is 5.92. The molecule has 1 saturated carbocycles. The second kappa shape index (κ2) is 16.2. The number of carbonyl (C=O) groups is 1. The second-order valence-corrected chi connectivity index (χ2v) is 17.5. The van der Waals surface area contributed by atoms with Crippen LogP contribution in [0, 0.1) is 11.8 Å². The number of aryl methyl sites for hydroxylation is 1. The van der Waals surface area contributed by atoms with Gasteiger partial charge in [0.05, 0.1) is 0 Å². The van der Waals surface area contributed by atoms with Crippen molar-refractivity contribution in [3.63, 3.8) is 0 Å². The van der Waals surface area contributed by atoms with E-state index < -0.39 is 35.6 Å². The number of ether oxygens (including phenoxy) is 2. The number of hydrogen-bond acceptors (Lipinski definition) is 12. The van der Waals surface area contributed by atoms with Crippen LogP contribution in [0.1, 0.15) is 116 Å². The summed E-state index contributed by atoms with van der Waals surface area (Å²) in [5.74, 6) is -0.0872. The number of benzene rings is 2. The van der Waals surface area contributed by atoms with E-state index in [1.165, 1.54) is 6.07 Å². The van der Waals surface area contributed by atoms with Gasteiger partial charge in [-0.3, -0.25) is 4.79 Å². The van der Waals surface area contributed by atoms with Crippen molar-refractivity contribution in [3.8, 4) is 17.2 Å². The number of aromatic nitrogens is 2. The van der Waals surface area contributed by atoms with Crippen molar-refractivity contribution in [1.29, 1.82) is 0 Å². The van der Waals surface area contributed by atoms with Gasteiger partial charge in [-0.1, -0.05) is 31.1 Å². The van der Waals surface area contributed by atoms with Crippen LogP contribution < -0.4 is 21.2 Å². The molecule has 12 heteroatoms. The standard InChI is InChI=1S/C49H54N4O8/c1-4-34(28-8-6-7-9-28)48(58)60-39-23-37-44(57)43-38(56)22-33(25-54)59-46(43)42-36-21-30-20-32(55)14-13-27(30)11-12-29(41-35(36)16-17-52-47(41)50)19-31(49(39,3)61-45(37)42)18-26-10-15-40(51-5-2)53-24-26/h4,10,13-17,20,22,24,28-29,31,36,39,54-55,57H,5-9,11-12,18-19,21,23,25H2,1-3H3,(H2,50,52)(H,51,53). The Morgan fingerprint density at radius 2 is 1.87 bits per heavy atom. The Bertz CT molecular complexity index is 2600.